The van der Waals surface area contributed by atoms with Gasteiger partial charge in [0.1, 0.15) is 5.75 Å². The topological polar surface area (TPSA) is 30.5 Å². The molecular weight excluding hydrogens is 262 g/mol. The van der Waals surface area contributed by atoms with Crippen LogP contribution in [0.2, 0.25) is 0 Å². The Morgan fingerprint density at radius 3 is 2.86 bits per heavy atom. The minimum atomic E-state index is -0.101. The Balaban J connectivity index is 2.01. The summed E-state index contributed by atoms with van der Waals surface area (Å²) in [6.45, 7) is 8.36. The molecule has 3 heteroatoms. The molecule has 1 aliphatic rings. The van der Waals surface area contributed by atoms with E-state index in [0.717, 1.165) is 44.6 Å². The number of benzene rings is 1. The number of aryl methyl sites for hydroxylation is 1. The summed E-state index contributed by atoms with van der Waals surface area (Å²) in [5.74, 6) is 1.07. The molecule has 1 aromatic carbocycles. The third kappa shape index (κ3) is 3.78. The number of rotatable bonds is 8. The highest BCUT2D eigenvalue weighted by molar-refractivity contribution is 5.39. The van der Waals surface area contributed by atoms with Crippen LogP contribution in [0.1, 0.15) is 44.7 Å². The zero-order chi connectivity index (χ0) is 15.3. The van der Waals surface area contributed by atoms with Crippen molar-refractivity contribution >= 4 is 0 Å². The highest BCUT2D eigenvalue weighted by Crippen LogP contribution is 2.28. The van der Waals surface area contributed by atoms with Gasteiger partial charge in [0.05, 0.1) is 12.2 Å². The minimum absolute atomic E-state index is 0.101. The van der Waals surface area contributed by atoms with E-state index in [1.165, 1.54) is 11.1 Å². The molecule has 0 saturated heterocycles. The average molecular weight is 291 g/mol. The fourth-order valence-corrected chi connectivity index (χ4v) is 3.11. The van der Waals surface area contributed by atoms with Gasteiger partial charge in [0.2, 0.25) is 0 Å². The van der Waals surface area contributed by atoms with Crippen LogP contribution in [0.15, 0.2) is 18.2 Å². The van der Waals surface area contributed by atoms with E-state index in [-0.39, 0.29) is 5.60 Å². The Labute approximate surface area is 129 Å². The van der Waals surface area contributed by atoms with Gasteiger partial charge in [0.25, 0.3) is 0 Å². The monoisotopic (exact) mass is 291 g/mol. The van der Waals surface area contributed by atoms with Crippen LogP contribution in [-0.2, 0) is 17.6 Å². The highest BCUT2D eigenvalue weighted by Gasteiger charge is 2.31. The second kappa shape index (κ2) is 7.28. The fourth-order valence-electron chi connectivity index (χ4n) is 3.11. The second-order valence-corrected chi connectivity index (χ2v) is 6.06. The van der Waals surface area contributed by atoms with Gasteiger partial charge >= 0.3 is 0 Å². The molecule has 0 radical (unpaired) electrons. The Bertz CT molecular complexity index is 455. The summed E-state index contributed by atoms with van der Waals surface area (Å²) in [7, 11) is 1.82. The van der Waals surface area contributed by atoms with Crippen LogP contribution in [0.4, 0.5) is 0 Å². The van der Waals surface area contributed by atoms with Crippen molar-refractivity contribution in [1.82, 2.24) is 5.32 Å². The standard InChI is InChI=1S/C18H29NO2/c1-5-18(3,20-4)17(19-6-2)10-8-14-7-9-16-15(13-14)11-12-21-16/h7,9,13,17,19H,5-6,8,10-12H2,1-4H3. The first-order chi connectivity index (χ1) is 10.1. The lowest BCUT2D eigenvalue weighted by atomic mass is 9.88. The van der Waals surface area contributed by atoms with E-state index >= 15 is 0 Å². The van der Waals surface area contributed by atoms with Crippen molar-refractivity contribution in [2.75, 3.05) is 20.3 Å². The van der Waals surface area contributed by atoms with Crippen LogP contribution >= 0.6 is 0 Å². The quantitative estimate of drug-likeness (QED) is 0.797. The van der Waals surface area contributed by atoms with Gasteiger partial charge in [-0.05, 0) is 49.9 Å². The van der Waals surface area contributed by atoms with E-state index in [4.69, 9.17) is 9.47 Å². The zero-order valence-corrected chi connectivity index (χ0v) is 13.9. The fraction of sp³-hybridized carbons (Fsp3) is 0.667. The molecule has 1 aromatic rings. The molecule has 1 aliphatic heterocycles. The zero-order valence-electron chi connectivity index (χ0n) is 13.9. The van der Waals surface area contributed by atoms with E-state index < -0.39 is 0 Å². The van der Waals surface area contributed by atoms with Crippen LogP contribution in [0.5, 0.6) is 5.75 Å². The molecule has 1 N–H and O–H groups in total. The maximum atomic E-state index is 5.78. The highest BCUT2D eigenvalue weighted by atomic mass is 16.5. The second-order valence-electron chi connectivity index (χ2n) is 6.06. The van der Waals surface area contributed by atoms with Gasteiger partial charge in [0.15, 0.2) is 0 Å². The van der Waals surface area contributed by atoms with Crippen molar-refractivity contribution in [2.24, 2.45) is 0 Å². The number of fused-ring (bicyclic) bond motifs is 1. The van der Waals surface area contributed by atoms with Crippen LogP contribution in [0, 0.1) is 0 Å². The van der Waals surface area contributed by atoms with Gasteiger partial charge in [-0.1, -0.05) is 26.0 Å². The summed E-state index contributed by atoms with van der Waals surface area (Å²) in [6.07, 6.45) is 4.22. The number of nitrogens with one attached hydrogen (secondary N) is 1. The van der Waals surface area contributed by atoms with Gasteiger partial charge in [0, 0.05) is 19.6 Å². The molecule has 0 spiro atoms. The normalized spacial score (nSPS) is 17.9. The SMILES string of the molecule is CCNC(CCc1ccc2c(c1)CCO2)C(C)(CC)OC. The number of hydrogen-bond acceptors (Lipinski definition) is 3. The first-order valence-corrected chi connectivity index (χ1v) is 8.16. The number of hydrogen-bond donors (Lipinski definition) is 1. The Kier molecular flexibility index (Phi) is 5.65. The van der Waals surface area contributed by atoms with Crippen LogP contribution in [0.25, 0.3) is 0 Å². The largest absolute Gasteiger partial charge is 0.493 e. The van der Waals surface area contributed by atoms with Crippen molar-refractivity contribution in [3.05, 3.63) is 29.3 Å². The third-order valence-electron chi connectivity index (χ3n) is 4.83. The number of ether oxygens (including phenoxy) is 2. The average Bonchev–Trinajstić information content (AvgIpc) is 2.98. The number of methoxy groups -OCH3 is 1. The van der Waals surface area contributed by atoms with Crippen molar-refractivity contribution in [3.8, 4) is 5.75 Å². The summed E-state index contributed by atoms with van der Waals surface area (Å²) >= 11 is 0. The lowest BCUT2D eigenvalue weighted by Crippen LogP contribution is -2.50. The van der Waals surface area contributed by atoms with E-state index in [2.05, 4.69) is 44.3 Å². The van der Waals surface area contributed by atoms with E-state index in [1.54, 1.807) is 0 Å². The molecule has 21 heavy (non-hydrogen) atoms. The van der Waals surface area contributed by atoms with Crippen molar-refractivity contribution < 1.29 is 9.47 Å². The molecule has 1 heterocycles. The summed E-state index contributed by atoms with van der Waals surface area (Å²) in [5, 5.41) is 3.60. The molecule has 0 bridgehead atoms. The van der Waals surface area contributed by atoms with E-state index in [1.807, 2.05) is 7.11 Å². The lowest BCUT2D eigenvalue weighted by Gasteiger charge is -2.36. The maximum absolute atomic E-state index is 5.78. The summed E-state index contributed by atoms with van der Waals surface area (Å²) in [5.41, 5.74) is 2.66. The summed E-state index contributed by atoms with van der Waals surface area (Å²) in [4.78, 5) is 0. The predicted octanol–water partition coefficient (Wildman–Crippen LogP) is 3.35. The smallest absolute Gasteiger partial charge is 0.122 e. The molecular formula is C18H29NO2. The molecule has 2 atom stereocenters. The van der Waals surface area contributed by atoms with Crippen molar-refractivity contribution in [2.45, 2.75) is 58.1 Å². The Morgan fingerprint density at radius 2 is 2.19 bits per heavy atom. The minimum Gasteiger partial charge on any atom is -0.493 e. The predicted molar refractivity (Wildman–Crippen MR) is 87.1 cm³/mol. The molecule has 0 aromatic heterocycles. The molecule has 0 amide bonds. The molecule has 2 rings (SSSR count). The Morgan fingerprint density at radius 1 is 1.38 bits per heavy atom. The molecule has 3 nitrogen and oxygen atoms in total. The first kappa shape index (κ1) is 16.3. The van der Waals surface area contributed by atoms with Crippen molar-refractivity contribution in [1.29, 1.82) is 0 Å². The van der Waals surface area contributed by atoms with E-state index in [9.17, 15) is 0 Å². The van der Waals surface area contributed by atoms with E-state index in [0.29, 0.717) is 6.04 Å². The third-order valence-corrected chi connectivity index (χ3v) is 4.83. The van der Waals surface area contributed by atoms with Crippen LogP contribution < -0.4 is 10.1 Å². The van der Waals surface area contributed by atoms with Gasteiger partial charge in [-0.2, -0.15) is 0 Å². The number of likely N-dealkylation sites (N-methyl/N-ethyl adjacent to an activating group) is 1. The maximum Gasteiger partial charge on any atom is 0.122 e. The first-order valence-electron chi connectivity index (χ1n) is 8.16. The summed E-state index contributed by atoms with van der Waals surface area (Å²) < 4.78 is 11.4. The van der Waals surface area contributed by atoms with Crippen LogP contribution in [-0.4, -0.2) is 31.9 Å². The van der Waals surface area contributed by atoms with Gasteiger partial charge < -0.3 is 14.8 Å². The molecule has 118 valence electrons. The van der Waals surface area contributed by atoms with Gasteiger partial charge in [-0.15, -0.1) is 0 Å². The summed E-state index contributed by atoms with van der Waals surface area (Å²) in [6, 6.07) is 7.00. The van der Waals surface area contributed by atoms with Crippen LogP contribution in [0.3, 0.4) is 0 Å². The molecule has 0 fully saturated rings. The van der Waals surface area contributed by atoms with Crippen molar-refractivity contribution in [3.63, 3.8) is 0 Å². The van der Waals surface area contributed by atoms with Gasteiger partial charge in [-0.3, -0.25) is 0 Å². The molecule has 0 saturated carbocycles. The lowest BCUT2D eigenvalue weighted by molar-refractivity contribution is -0.0305. The van der Waals surface area contributed by atoms with Gasteiger partial charge in [-0.25, -0.2) is 0 Å². The molecule has 2 unspecified atom stereocenters. The Hall–Kier alpha value is -1.06. The molecule has 0 aliphatic carbocycles.